The number of sulfonamides is 1. The first kappa shape index (κ1) is 20.0. The van der Waals surface area contributed by atoms with Crippen molar-refractivity contribution in [3.8, 4) is 11.5 Å². The van der Waals surface area contributed by atoms with Crippen LogP contribution in [0.25, 0.3) is 0 Å². The van der Waals surface area contributed by atoms with E-state index in [0.717, 1.165) is 11.1 Å². The van der Waals surface area contributed by atoms with Crippen LogP contribution in [0.15, 0.2) is 88.9 Å². The van der Waals surface area contributed by atoms with Gasteiger partial charge >= 0.3 is 0 Å². The van der Waals surface area contributed by atoms with E-state index in [-0.39, 0.29) is 4.90 Å². The van der Waals surface area contributed by atoms with E-state index in [1.807, 2.05) is 48.5 Å². The monoisotopic (exact) mass is 422 g/mol. The minimum Gasteiger partial charge on any atom is -0.497 e. The van der Waals surface area contributed by atoms with Gasteiger partial charge in [-0.3, -0.25) is 0 Å². The second-order valence-electron chi connectivity index (χ2n) is 6.86. The maximum absolute atomic E-state index is 13.4. The van der Waals surface area contributed by atoms with E-state index >= 15 is 0 Å². The maximum Gasteiger partial charge on any atom is 0.279 e. The molecule has 0 saturated carbocycles. The van der Waals surface area contributed by atoms with Crippen molar-refractivity contribution in [2.75, 3.05) is 14.2 Å². The van der Waals surface area contributed by atoms with Crippen LogP contribution in [0.3, 0.4) is 0 Å². The van der Waals surface area contributed by atoms with Crippen LogP contribution in [0.5, 0.6) is 11.5 Å². The molecule has 4 rings (SSSR count). The summed E-state index contributed by atoms with van der Waals surface area (Å²) in [6.07, 6.45) is 0.450. The lowest BCUT2D eigenvalue weighted by molar-refractivity contribution is 0.370. The van der Waals surface area contributed by atoms with Gasteiger partial charge in [-0.15, -0.1) is 0 Å². The summed E-state index contributed by atoms with van der Waals surface area (Å²) in [6.45, 7) is 0. The van der Waals surface area contributed by atoms with Crippen LogP contribution in [0.1, 0.15) is 23.6 Å². The van der Waals surface area contributed by atoms with Gasteiger partial charge < -0.3 is 9.47 Å². The van der Waals surface area contributed by atoms with Crippen LogP contribution in [0.4, 0.5) is 0 Å². The molecular formula is C23H22N2O4S. The first-order valence-corrected chi connectivity index (χ1v) is 10.9. The number of hydrazone groups is 1. The van der Waals surface area contributed by atoms with Crippen molar-refractivity contribution >= 4 is 15.7 Å². The molecule has 0 unspecified atom stereocenters. The number of rotatable bonds is 6. The molecule has 0 N–H and O–H groups in total. The zero-order valence-electron chi connectivity index (χ0n) is 16.7. The molecule has 7 heteroatoms. The Hall–Kier alpha value is -3.32. The molecule has 1 aliphatic heterocycles. The summed E-state index contributed by atoms with van der Waals surface area (Å²) in [5.74, 6) is 1.41. The Labute approximate surface area is 176 Å². The molecule has 0 aliphatic carbocycles. The Morgan fingerprint density at radius 2 is 1.57 bits per heavy atom. The number of methoxy groups -OCH3 is 2. The highest BCUT2D eigenvalue weighted by molar-refractivity contribution is 7.89. The predicted octanol–water partition coefficient (Wildman–Crippen LogP) is 4.24. The Bertz CT molecular complexity index is 1160. The highest BCUT2D eigenvalue weighted by Gasteiger charge is 2.37. The van der Waals surface area contributed by atoms with Gasteiger partial charge in [-0.05, 0) is 42.0 Å². The van der Waals surface area contributed by atoms with E-state index in [9.17, 15) is 8.42 Å². The Morgan fingerprint density at radius 3 is 2.23 bits per heavy atom. The van der Waals surface area contributed by atoms with Crippen molar-refractivity contribution in [2.45, 2.75) is 17.4 Å². The van der Waals surface area contributed by atoms with E-state index in [1.165, 1.54) is 4.41 Å². The molecule has 3 aromatic rings. The Kier molecular flexibility index (Phi) is 5.46. The van der Waals surface area contributed by atoms with Crippen molar-refractivity contribution in [3.05, 3.63) is 90.0 Å². The molecule has 0 fully saturated rings. The lowest BCUT2D eigenvalue weighted by Gasteiger charge is -2.23. The van der Waals surface area contributed by atoms with Crippen molar-refractivity contribution < 1.29 is 17.9 Å². The van der Waals surface area contributed by atoms with Gasteiger partial charge in [0, 0.05) is 12.0 Å². The van der Waals surface area contributed by atoms with E-state index in [0.29, 0.717) is 23.6 Å². The molecule has 1 heterocycles. The molecule has 1 aliphatic rings. The van der Waals surface area contributed by atoms with Crippen LogP contribution in [0, 0.1) is 0 Å². The van der Waals surface area contributed by atoms with Gasteiger partial charge in [-0.2, -0.15) is 17.9 Å². The molecule has 154 valence electrons. The molecular weight excluding hydrogens is 400 g/mol. The van der Waals surface area contributed by atoms with Gasteiger partial charge in [0.05, 0.1) is 30.9 Å². The fourth-order valence-corrected chi connectivity index (χ4v) is 4.92. The highest BCUT2D eigenvalue weighted by atomic mass is 32.2. The second kappa shape index (κ2) is 8.20. The van der Waals surface area contributed by atoms with Crippen LogP contribution < -0.4 is 9.47 Å². The van der Waals surface area contributed by atoms with Crippen molar-refractivity contribution in [1.82, 2.24) is 4.41 Å². The quantitative estimate of drug-likeness (QED) is 0.596. The topological polar surface area (TPSA) is 68.2 Å². The number of hydrogen-bond donors (Lipinski definition) is 0. The molecule has 0 amide bonds. The third-order valence-electron chi connectivity index (χ3n) is 5.06. The summed E-state index contributed by atoms with van der Waals surface area (Å²) >= 11 is 0. The molecule has 0 saturated heterocycles. The van der Waals surface area contributed by atoms with Crippen LogP contribution in [0.2, 0.25) is 0 Å². The van der Waals surface area contributed by atoms with E-state index in [1.54, 1.807) is 44.6 Å². The van der Waals surface area contributed by atoms with Crippen LogP contribution in [-0.2, 0) is 10.0 Å². The van der Waals surface area contributed by atoms with E-state index in [4.69, 9.17) is 9.47 Å². The number of benzene rings is 3. The zero-order chi connectivity index (χ0) is 21.1. The van der Waals surface area contributed by atoms with E-state index < -0.39 is 16.1 Å². The molecule has 3 aromatic carbocycles. The number of ether oxygens (including phenoxy) is 2. The van der Waals surface area contributed by atoms with Crippen molar-refractivity contribution in [2.24, 2.45) is 5.10 Å². The van der Waals surface area contributed by atoms with Crippen LogP contribution >= 0.6 is 0 Å². The van der Waals surface area contributed by atoms with E-state index in [2.05, 4.69) is 5.10 Å². The minimum atomic E-state index is -3.82. The molecule has 6 nitrogen and oxygen atoms in total. The first-order valence-electron chi connectivity index (χ1n) is 9.48. The minimum absolute atomic E-state index is 0.208. The molecule has 30 heavy (non-hydrogen) atoms. The summed E-state index contributed by atoms with van der Waals surface area (Å²) in [4.78, 5) is 0.208. The van der Waals surface area contributed by atoms with Gasteiger partial charge in [0.1, 0.15) is 11.5 Å². The van der Waals surface area contributed by atoms with Crippen LogP contribution in [-0.4, -0.2) is 32.8 Å². The largest absolute Gasteiger partial charge is 0.497 e. The molecule has 1 atom stereocenters. The molecule has 0 spiro atoms. The van der Waals surface area contributed by atoms with Gasteiger partial charge in [-0.25, -0.2) is 0 Å². The lowest BCUT2D eigenvalue weighted by atomic mass is 9.99. The van der Waals surface area contributed by atoms with Crippen molar-refractivity contribution in [1.29, 1.82) is 0 Å². The predicted molar refractivity (Wildman–Crippen MR) is 115 cm³/mol. The van der Waals surface area contributed by atoms with Gasteiger partial charge in [0.2, 0.25) is 0 Å². The lowest BCUT2D eigenvalue weighted by Crippen LogP contribution is -2.27. The summed E-state index contributed by atoms with van der Waals surface area (Å²) < 4.78 is 38.6. The first-order chi connectivity index (χ1) is 14.5. The molecule has 0 aromatic heterocycles. The van der Waals surface area contributed by atoms with Gasteiger partial charge in [-0.1, -0.05) is 42.5 Å². The fraction of sp³-hybridized carbons (Fsp3) is 0.174. The molecule has 0 radical (unpaired) electrons. The van der Waals surface area contributed by atoms with Gasteiger partial charge in [0.25, 0.3) is 10.0 Å². The number of nitrogens with zero attached hydrogens (tertiary/aromatic N) is 2. The smallest absolute Gasteiger partial charge is 0.279 e. The summed E-state index contributed by atoms with van der Waals surface area (Å²) in [5.41, 5.74) is 2.37. The SMILES string of the molecule is COc1ccc([C@H]2CC(c3cccc(OC)c3)=NN2S(=O)(=O)c2ccccc2)cc1. The second-order valence-corrected chi connectivity index (χ2v) is 8.66. The summed E-state index contributed by atoms with van der Waals surface area (Å²) in [5, 5.41) is 4.56. The third-order valence-corrected chi connectivity index (χ3v) is 6.76. The Balaban J connectivity index is 1.78. The number of hydrogen-bond acceptors (Lipinski definition) is 5. The third kappa shape index (κ3) is 3.76. The summed E-state index contributed by atoms with van der Waals surface area (Å²) in [6, 6.07) is 22.8. The summed E-state index contributed by atoms with van der Waals surface area (Å²) in [7, 11) is -0.628. The van der Waals surface area contributed by atoms with Crippen molar-refractivity contribution in [3.63, 3.8) is 0 Å². The highest BCUT2D eigenvalue weighted by Crippen LogP contribution is 2.38. The standard InChI is InChI=1S/C23H22N2O4S/c1-28-19-13-11-17(12-14-19)23-16-22(18-7-6-8-20(15-18)29-2)24-25(23)30(26,27)21-9-4-3-5-10-21/h3-15,23H,16H2,1-2H3/t23-/m1/s1. The Morgan fingerprint density at radius 1 is 0.867 bits per heavy atom. The van der Waals surface area contributed by atoms with Gasteiger partial charge in [0.15, 0.2) is 0 Å². The normalized spacial score (nSPS) is 16.3. The zero-order valence-corrected chi connectivity index (χ0v) is 17.5. The molecule has 0 bridgehead atoms. The average Bonchev–Trinajstić information content (AvgIpc) is 3.26. The maximum atomic E-state index is 13.4. The average molecular weight is 423 g/mol. The fourth-order valence-electron chi connectivity index (χ4n) is 3.46.